The molecular weight excluding hydrogens is 308 g/mol. The summed E-state index contributed by atoms with van der Waals surface area (Å²) in [6, 6.07) is 1.77. The van der Waals surface area contributed by atoms with Crippen LogP contribution in [0.1, 0.15) is 36.1 Å². The molecule has 0 aliphatic carbocycles. The Hall–Kier alpha value is -2.99. The summed E-state index contributed by atoms with van der Waals surface area (Å²) in [5.41, 5.74) is 2.16. The number of alkyl carbamates (subject to hydrolysis) is 1. The number of unbranched alkanes of at least 4 members (excludes halogenated alkanes) is 1. The van der Waals surface area contributed by atoms with Crippen molar-refractivity contribution >= 4 is 12.1 Å². The van der Waals surface area contributed by atoms with Gasteiger partial charge in [-0.3, -0.25) is 9.78 Å². The summed E-state index contributed by atoms with van der Waals surface area (Å²) in [5.74, 6) is 4.42. The van der Waals surface area contributed by atoms with Gasteiger partial charge in [0.2, 0.25) is 0 Å². The largest absolute Gasteiger partial charge is 0.461 e. The van der Waals surface area contributed by atoms with E-state index in [2.05, 4.69) is 22.1 Å². The predicted molar refractivity (Wildman–Crippen MR) is 88.5 cm³/mol. The Morgan fingerprint density at radius 1 is 1.21 bits per heavy atom. The van der Waals surface area contributed by atoms with Crippen LogP contribution in [-0.2, 0) is 27.5 Å². The van der Waals surface area contributed by atoms with Crippen molar-refractivity contribution in [3.8, 4) is 24.7 Å². The number of nitrogens with zero attached hydrogens (tertiary/aromatic N) is 1. The number of rotatable bonds is 8. The number of aromatic nitrogens is 1. The minimum atomic E-state index is -0.611. The smallest absolute Gasteiger partial charge is 0.408 e. The monoisotopic (exact) mass is 328 g/mol. The quantitative estimate of drug-likeness (QED) is 0.449. The zero-order valence-corrected chi connectivity index (χ0v) is 13.6. The molecule has 1 N–H and O–H groups in total. The Labute approximate surface area is 141 Å². The van der Waals surface area contributed by atoms with Crippen LogP contribution in [0.15, 0.2) is 12.3 Å². The van der Waals surface area contributed by atoms with Crippen LogP contribution in [-0.4, -0.2) is 23.6 Å². The van der Waals surface area contributed by atoms with E-state index >= 15 is 0 Å². The average molecular weight is 328 g/mol. The molecule has 0 saturated carbocycles. The van der Waals surface area contributed by atoms with E-state index in [-0.39, 0.29) is 32.1 Å². The van der Waals surface area contributed by atoms with E-state index in [0.29, 0.717) is 18.4 Å². The predicted octanol–water partition coefficient (Wildman–Crippen LogP) is 2.10. The topological polar surface area (TPSA) is 77.5 Å². The standard InChI is InChI=1S/C18H20N2O4/c1-4-6-7-8-17(21)23-13-16-11-20-14(3)10-15(16)12-24-18(22)19-9-5-2/h1-2,10-11H,6-9,12-13H2,3H3,(H,19,22). The number of hydrogen-bond acceptors (Lipinski definition) is 5. The molecule has 0 atom stereocenters. The molecule has 0 bridgehead atoms. The zero-order valence-electron chi connectivity index (χ0n) is 13.6. The summed E-state index contributed by atoms with van der Waals surface area (Å²) in [6.07, 6.45) is 12.6. The van der Waals surface area contributed by atoms with Crippen molar-refractivity contribution in [1.82, 2.24) is 10.3 Å². The minimum absolute atomic E-state index is 0.0315. The van der Waals surface area contributed by atoms with Gasteiger partial charge in [0.1, 0.15) is 13.2 Å². The molecule has 126 valence electrons. The van der Waals surface area contributed by atoms with Gasteiger partial charge in [-0.1, -0.05) is 5.92 Å². The van der Waals surface area contributed by atoms with Crippen LogP contribution in [0.5, 0.6) is 0 Å². The first-order valence-corrected chi connectivity index (χ1v) is 7.44. The molecule has 0 radical (unpaired) electrons. The summed E-state index contributed by atoms with van der Waals surface area (Å²) in [5, 5.41) is 2.40. The number of carbonyl (C=O) groups is 2. The van der Waals surface area contributed by atoms with E-state index < -0.39 is 6.09 Å². The van der Waals surface area contributed by atoms with Crippen molar-refractivity contribution in [3.63, 3.8) is 0 Å². The van der Waals surface area contributed by atoms with Crippen LogP contribution in [0.2, 0.25) is 0 Å². The number of aryl methyl sites for hydroxylation is 1. The van der Waals surface area contributed by atoms with E-state index in [0.717, 1.165) is 11.3 Å². The van der Waals surface area contributed by atoms with Gasteiger partial charge >= 0.3 is 12.1 Å². The molecule has 0 fully saturated rings. The lowest BCUT2D eigenvalue weighted by molar-refractivity contribution is -0.145. The summed E-state index contributed by atoms with van der Waals surface area (Å²) < 4.78 is 10.3. The van der Waals surface area contributed by atoms with Crippen LogP contribution in [0.25, 0.3) is 0 Å². The van der Waals surface area contributed by atoms with Crippen LogP contribution in [0.4, 0.5) is 4.79 Å². The number of esters is 1. The second kappa shape index (κ2) is 10.7. The highest BCUT2D eigenvalue weighted by molar-refractivity contribution is 5.69. The molecule has 1 heterocycles. The Kier molecular flexibility index (Phi) is 8.49. The molecule has 1 aromatic rings. The number of terminal acetylenes is 2. The fourth-order valence-corrected chi connectivity index (χ4v) is 1.79. The average Bonchev–Trinajstić information content (AvgIpc) is 2.57. The molecular formula is C18H20N2O4. The van der Waals surface area contributed by atoms with Gasteiger partial charge in [-0.15, -0.1) is 18.8 Å². The van der Waals surface area contributed by atoms with Crippen LogP contribution >= 0.6 is 0 Å². The van der Waals surface area contributed by atoms with Crippen LogP contribution < -0.4 is 5.32 Å². The highest BCUT2D eigenvalue weighted by Crippen LogP contribution is 2.13. The van der Waals surface area contributed by atoms with E-state index in [4.69, 9.17) is 22.3 Å². The molecule has 24 heavy (non-hydrogen) atoms. The van der Waals surface area contributed by atoms with Gasteiger partial charge in [0.05, 0.1) is 6.54 Å². The second-order valence-corrected chi connectivity index (χ2v) is 4.95. The third-order valence-corrected chi connectivity index (χ3v) is 3.00. The van der Waals surface area contributed by atoms with Gasteiger partial charge in [0.25, 0.3) is 0 Å². The molecule has 0 aliphatic heterocycles. The number of carbonyl (C=O) groups excluding carboxylic acids is 2. The van der Waals surface area contributed by atoms with Gasteiger partial charge < -0.3 is 14.8 Å². The highest BCUT2D eigenvalue weighted by atomic mass is 16.5. The number of ether oxygens (including phenoxy) is 2. The van der Waals surface area contributed by atoms with Crippen molar-refractivity contribution in [2.75, 3.05) is 6.54 Å². The minimum Gasteiger partial charge on any atom is -0.461 e. The maximum Gasteiger partial charge on any atom is 0.408 e. The second-order valence-electron chi connectivity index (χ2n) is 4.95. The van der Waals surface area contributed by atoms with Crippen LogP contribution in [0, 0.1) is 31.6 Å². The zero-order chi connectivity index (χ0) is 17.8. The van der Waals surface area contributed by atoms with Gasteiger partial charge in [-0.05, 0) is 25.0 Å². The molecule has 6 nitrogen and oxygen atoms in total. The lowest BCUT2D eigenvalue weighted by Gasteiger charge is -2.11. The molecule has 1 amide bonds. The number of hydrogen-bond donors (Lipinski definition) is 1. The maximum atomic E-state index is 11.6. The first-order valence-electron chi connectivity index (χ1n) is 7.44. The number of nitrogens with one attached hydrogen (secondary N) is 1. The molecule has 0 spiro atoms. The molecule has 6 heteroatoms. The lowest BCUT2D eigenvalue weighted by Crippen LogP contribution is -2.24. The molecule has 0 aromatic carbocycles. The van der Waals surface area contributed by atoms with Crippen molar-refractivity contribution in [2.45, 2.75) is 39.4 Å². The highest BCUT2D eigenvalue weighted by Gasteiger charge is 2.10. The van der Waals surface area contributed by atoms with E-state index in [1.165, 1.54) is 0 Å². The van der Waals surface area contributed by atoms with Crippen LogP contribution in [0.3, 0.4) is 0 Å². The van der Waals surface area contributed by atoms with E-state index in [1.807, 2.05) is 6.92 Å². The third-order valence-electron chi connectivity index (χ3n) is 3.00. The SMILES string of the molecule is C#CCCCC(=O)OCc1cnc(C)cc1COC(=O)NCC#C. The maximum absolute atomic E-state index is 11.6. The molecule has 1 aromatic heterocycles. The first kappa shape index (κ1) is 19.1. The molecule has 0 saturated heterocycles. The van der Waals surface area contributed by atoms with E-state index in [1.54, 1.807) is 12.3 Å². The van der Waals surface area contributed by atoms with Crippen molar-refractivity contribution in [2.24, 2.45) is 0 Å². The number of pyridine rings is 1. The Morgan fingerprint density at radius 3 is 2.67 bits per heavy atom. The Balaban J connectivity index is 2.58. The normalized spacial score (nSPS) is 9.46. The van der Waals surface area contributed by atoms with Gasteiger partial charge in [-0.2, -0.15) is 0 Å². The van der Waals surface area contributed by atoms with Gasteiger partial charge in [0, 0.05) is 30.3 Å². The Bertz CT molecular complexity index is 656. The fraction of sp³-hybridized carbons (Fsp3) is 0.389. The van der Waals surface area contributed by atoms with Crippen molar-refractivity contribution < 1.29 is 19.1 Å². The van der Waals surface area contributed by atoms with Gasteiger partial charge in [0.15, 0.2) is 0 Å². The third kappa shape index (κ3) is 7.33. The number of amides is 1. The van der Waals surface area contributed by atoms with Crippen molar-refractivity contribution in [3.05, 3.63) is 29.1 Å². The summed E-state index contributed by atoms with van der Waals surface area (Å²) >= 11 is 0. The van der Waals surface area contributed by atoms with Crippen molar-refractivity contribution in [1.29, 1.82) is 0 Å². The Morgan fingerprint density at radius 2 is 1.96 bits per heavy atom. The fourth-order valence-electron chi connectivity index (χ4n) is 1.79. The summed E-state index contributed by atoms with van der Waals surface area (Å²) in [4.78, 5) is 27.2. The lowest BCUT2D eigenvalue weighted by atomic mass is 10.1. The van der Waals surface area contributed by atoms with Gasteiger partial charge in [-0.25, -0.2) is 4.79 Å². The first-order chi connectivity index (χ1) is 11.6. The molecule has 1 rings (SSSR count). The molecule has 0 aliphatic rings. The summed E-state index contributed by atoms with van der Waals surface area (Å²) in [7, 11) is 0. The summed E-state index contributed by atoms with van der Waals surface area (Å²) in [6.45, 7) is 2.00. The van der Waals surface area contributed by atoms with E-state index in [9.17, 15) is 9.59 Å². The molecule has 0 unspecified atom stereocenters.